The van der Waals surface area contributed by atoms with Crippen molar-refractivity contribution in [2.75, 3.05) is 41.3 Å². The quantitative estimate of drug-likeness (QED) is 0.247. The first-order valence-electron chi connectivity index (χ1n) is 14.4. The number of hydrogen-bond acceptors (Lipinski definition) is 8. The van der Waals surface area contributed by atoms with Gasteiger partial charge in [0.05, 0.1) is 16.7 Å². The van der Waals surface area contributed by atoms with Crippen LogP contribution in [0.15, 0.2) is 41.4 Å². The van der Waals surface area contributed by atoms with Crippen LogP contribution in [0.2, 0.25) is 0 Å². The molecule has 232 valence electrons. The second-order valence-electron chi connectivity index (χ2n) is 9.57. The molecule has 42 heavy (non-hydrogen) atoms. The van der Waals surface area contributed by atoms with Crippen molar-refractivity contribution in [3.05, 3.63) is 64.2 Å². The fourth-order valence-electron chi connectivity index (χ4n) is 4.34. The fraction of sp³-hybridized carbons (Fsp3) is 0.515. The summed E-state index contributed by atoms with van der Waals surface area (Å²) in [5.74, 6) is 0.742. The van der Waals surface area contributed by atoms with Gasteiger partial charge in [0.1, 0.15) is 18.1 Å². The SMILES string of the molecule is CC.CN=C(SC(C)c1cccc2c1CCC2)c1ccc(OC(C)C)c(C#N)c1.CNC.CO.O=CC1CN(C=O)C1. The Morgan fingerprint density at radius 1 is 1.14 bits per heavy atom. The Kier molecular flexibility index (Phi) is 20.7. The number of thioether (sulfide) groups is 1. The van der Waals surface area contributed by atoms with Crippen molar-refractivity contribution in [2.24, 2.45) is 10.9 Å². The number of aliphatic imine (C=N–C) groups is 1. The zero-order valence-corrected chi connectivity index (χ0v) is 27.6. The Morgan fingerprint density at radius 2 is 1.79 bits per heavy atom. The van der Waals surface area contributed by atoms with Crippen LogP contribution >= 0.6 is 11.8 Å². The molecule has 1 aliphatic carbocycles. The zero-order valence-electron chi connectivity index (χ0n) is 26.8. The first-order valence-corrected chi connectivity index (χ1v) is 15.3. The van der Waals surface area contributed by atoms with Crippen LogP contribution in [0.1, 0.15) is 74.1 Å². The molecule has 0 bridgehead atoms. The molecule has 2 aromatic rings. The number of benzene rings is 2. The predicted molar refractivity (Wildman–Crippen MR) is 176 cm³/mol. The van der Waals surface area contributed by atoms with Crippen molar-refractivity contribution in [3.8, 4) is 11.8 Å². The van der Waals surface area contributed by atoms with E-state index in [0.29, 0.717) is 29.7 Å². The molecule has 2 aliphatic rings. The topological polar surface area (TPSA) is 115 Å². The number of aliphatic hydroxyl groups excluding tert-OH is 1. The Balaban J connectivity index is 0.000000931. The van der Waals surface area contributed by atoms with Gasteiger partial charge < -0.3 is 24.9 Å². The predicted octanol–water partition coefficient (Wildman–Crippen LogP) is 5.45. The second kappa shape index (κ2) is 22.4. The average Bonchev–Trinajstić information content (AvgIpc) is 3.48. The fourth-order valence-corrected chi connectivity index (χ4v) is 5.39. The van der Waals surface area contributed by atoms with Gasteiger partial charge in [0.2, 0.25) is 6.41 Å². The van der Waals surface area contributed by atoms with E-state index in [1.807, 2.05) is 67.0 Å². The number of rotatable bonds is 7. The molecule has 0 radical (unpaired) electrons. The van der Waals surface area contributed by atoms with E-state index in [0.717, 1.165) is 30.4 Å². The Bertz CT molecular complexity index is 1130. The van der Waals surface area contributed by atoms with Crippen LogP contribution in [0.25, 0.3) is 0 Å². The highest BCUT2D eigenvalue weighted by Crippen LogP contribution is 2.38. The van der Waals surface area contributed by atoms with Crippen molar-refractivity contribution < 1.29 is 19.4 Å². The molecule has 1 atom stereocenters. The molecule has 9 heteroatoms. The van der Waals surface area contributed by atoms with Gasteiger partial charge in [0.15, 0.2) is 0 Å². The molecule has 2 N–H and O–H groups in total. The largest absolute Gasteiger partial charge is 0.490 e. The van der Waals surface area contributed by atoms with E-state index >= 15 is 0 Å². The lowest BCUT2D eigenvalue weighted by Gasteiger charge is -2.32. The molecule has 1 saturated heterocycles. The smallest absolute Gasteiger partial charge is 0.209 e. The summed E-state index contributed by atoms with van der Waals surface area (Å²) < 4.78 is 5.74. The third-order valence-electron chi connectivity index (χ3n) is 6.10. The monoisotopic (exact) mass is 598 g/mol. The van der Waals surface area contributed by atoms with Crippen LogP contribution < -0.4 is 10.1 Å². The number of nitrogens with one attached hydrogen (secondary N) is 1. The minimum atomic E-state index is 0.0387. The first-order chi connectivity index (χ1) is 20.3. The van der Waals surface area contributed by atoms with Crippen molar-refractivity contribution in [1.82, 2.24) is 10.2 Å². The van der Waals surface area contributed by atoms with Gasteiger partial charge in [-0.25, -0.2) is 0 Å². The van der Waals surface area contributed by atoms with Gasteiger partial charge in [-0.15, -0.1) is 0 Å². The van der Waals surface area contributed by atoms with Gasteiger partial charge in [0.25, 0.3) is 0 Å². The Labute approximate surface area is 257 Å². The zero-order chi connectivity index (χ0) is 32.1. The molecule has 4 rings (SSSR count). The molecule has 1 fully saturated rings. The summed E-state index contributed by atoms with van der Waals surface area (Å²) in [4.78, 5) is 25.8. The van der Waals surface area contributed by atoms with Gasteiger partial charge in [-0.3, -0.25) is 9.79 Å². The maximum atomic E-state index is 9.91. The number of carbonyl (C=O) groups excluding carboxylic acids is 2. The van der Waals surface area contributed by atoms with Crippen molar-refractivity contribution in [3.63, 3.8) is 0 Å². The van der Waals surface area contributed by atoms with Gasteiger partial charge >= 0.3 is 0 Å². The molecule has 0 aromatic heterocycles. The van der Waals surface area contributed by atoms with Gasteiger partial charge in [-0.05, 0) is 89.0 Å². The number of nitriles is 1. The first kappa shape index (κ1) is 38.8. The molecule has 1 amide bonds. The minimum absolute atomic E-state index is 0.0387. The van der Waals surface area contributed by atoms with Crippen molar-refractivity contribution in [2.45, 2.75) is 65.2 Å². The third kappa shape index (κ3) is 12.4. The molecular weight excluding hydrogens is 548 g/mol. The standard InChI is InChI=1S/C23H26N2OS.C5H7NO2.C2H7N.C2H6.CH4O/c1-15(2)26-22-12-11-18(13-19(22)14-24)23(25-4)27-16(3)20-9-5-7-17-8-6-10-21(17)20;7-3-5-1-6(2-5)4-8;1-3-2;2*1-2/h5,7,9,11-13,15-16H,6,8,10H2,1-4H3;3-5H,1-2H2;3H,1-2H3;1-2H3;2H,1H3. The number of fused-ring (bicyclic) bond motifs is 1. The number of hydrogen-bond donors (Lipinski definition) is 2. The maximum Gasteiger partial charge on any atom is 0.209 e. The summed E-state index contributed by atoms with van der Waals surface area (Å²) in [5.41, 5.74) is 5.95. The molecule has 0 spiro atoms. The maximum absolute atomic E-state index is 9.91. The summed E-state index contributed by atoms with van der Waals surface area (Å²) >= 11 is 1.76. The van der Waals surface area contributed by atoms with Crippen molar-refractivity contribution >= 4 is 29.5 Å². The van der Waals surface area contributed by atoms with E-state index in [1.165, 1.54) is 36.0 Å². The molecular formula is C33H50N4O4S. The summed E-state index contributed by atoms with van der Waals surface area (Å²) in [5, 5.41) is 20.5. The second-order valence-corrected chi connectivity index (χ2v) is 10.9. The van der Waals surface area contributed by atoms with E-state index < -0.39 is 0 Å². The molecule has 0 saturated carbocycles. The number of carbonyl (C=O) groups is 2. The molecule has 1 heterocycles. The van der Waals surface area contributed by atoms with E-state index in [2.05, 4.69) is 41.5 Å². The molecule has 1 unspecified atom stereocenters. The lowest BCUT2D eigenvalue weighted by Crippen LogP contribution is -2.46. The number of aldehydes is 1. The lowest BCUT2D eigenvalue weighted by atomic mass is 10.0. The van der Waals surface area contributed by atoms with Crippen LogP contribution in [0.5, 0.6) is 5.75 Å². The number of aliphatic hydroxyl groups is 1. The van der Waals surface area contributed by atoms with E-state index in [4.69, 9.17) is 9.84 Å². The van der Waals surface area contributed by atoms with Crippen LogP contribution in [0.4, 0.5) is 0 Å². The van der Waals surface area contributed by atoms with Gasteiger partial charge in [-0.2, -0.15) is 5.26 Å². The van der Waals surface area contributed by atoms with E-state index in [1.54, 1.807) is 16.7 Å². The summed E-state index contributed by atoms with van der Waals surface area (Å²) in [6, 6.07) is 14.7. The summed E-state index contributed by atoms with van der Waals surface area (Å²) in [6.45, 7) is 11.4. The van der Waals surface area contributed by atoms with Gasteiger partial charge in [0, 0.05) is 44.0 Å². The Morgan fingerprint density at radius 3 is 2.31 bits per heavy atom. The number of nitrogens with zero attached hydrogens (tertiary/aromatic N) is 3. The van der Waals surface area contributed by atoms with E-state index in [-0.39, 0.29) is 12.0 Å². The van der Waals surface area contributed by atoms with Crippen LogP contribution in [0.3, 0.4) is 0 Å². The van der Waals surface area contributed by atoms with Gasteiger partial charge in [-0.1, -0.05) is 43.8 Å². The van der Waals surface area contributed by atoms with Crippen LogP contribution in [-0.4, -0.2) is 75.2 Å². The number of amides is 1. The molecule has 1 aliphatic heterocycles. The molecule has 2 aromatic carbocycles. The van der Waals surface area contributed by atoms with Crippen molar-refractivity contribution in [1.29, 1.82) is 5.26 Å². The van der Waals surface area contributed by atoms with E-state index in [9.17, 15) is 14.9 Å². The minimum Gasteiger partial charge on any atom is -0.490 e. The number of likely N-dealkylation sites (tertiary alicyclic amines) is 1. The normalized spacial score (nSPS) is 14.0. The van der Waals surface area contributed by atoms with Crippen LogP contribution in [-0.2, 0) is 22.4 Å². The summed E-state index contributed by atoms with van der Waals surface area (Å²) in [6.07, 6.45) is 5.31. The highest BCUT2D eigenvalue weighted by atomic mass is 32.2. The molecule has 8 nitrogen and oxygen atoms in total. The average molecular weight is 599 g/mol. The lowest BCUT2D eigenvalue weighted by molar-refractivity contribution is -0.127. The Hall–Kier alpha value is -3.19. The van der Waals surface area contributed by atoms with Crippen LogP contribution in [0, 0.1) is 17.2 Å². The summed E-state index contributed by atoms with van der Waals surface area (Å²) in [7, 11) is 6.56. The highest BCUT2D eigenvalue weighted by Gasteiger charge is 2.24. The number of aryl methyl sites for hydroxylation is 1. The highest BCUT2D eigenvalue weighted by molar-refractivity contribution is 8.14. The number of ether oxygens (including phenoxy) is 1. The third-order valence-corrected chi connectivity index (χ3v) is 7.35.